The minimum absolute atomic E-state index is 0.176. The molecule has 0 atom stereocenters. The zero-order valence-corrected chi connectivity index (χ0v) is 9.65. The van der Waals surface area contributed by atoms with Crippen molar-refractivity contribution in [3.63, 3.8) is 0 Å². The molecule has 1 rings (SSSR count). The van der Waals surface area contributed by atoms with Gasteiger partial charge in [-0.25, -0.2) is 9.78 Å². The fourth-order valence-electron chi connectivity index (χ4n) is 1.34. The Labute approximate surface area is 94.5 Å². The highest BCUT2D eigenvalue weighted by atomic mass is 16.5. The molecule has 0 amide bonds. The van der Waals surface area contributed by atoms with Crippen LogP contribution >= 0.6 is 0 Å². The van der Waals surface area contributed by atoms with Gasteiger partial charge in [0.05, 0.1) is 17.7 Å². The van der Waals surface area contributed by atoms with Crippen LogP contribution in [-0.2, 0) is 4.74 Å². The van der Waals surface area contributed by atoms with Crippen LogP contribution < -0.4 is 5.32 Å². The predicted molar refractivity (Wildman–Crippen MR) is 60.8 cm³/mol. The number of rotatable bonds is 5. The van der Waals surface area contributed by atoms with Crippen LogP contribution in [0.3, 0.4) is 0 Å². The van der Waals surface area contributed by atoms with Crippen LogP contribution in [0.5, 0.6) is 0 Å². The highest BCUT2D eigenvalue weighted by molar-refractivity contribution is 5.87. The van der Waals surface area contributed by atoms with E-state index in [1.165, 1.54) is 12.3 Å². The van der Waals surface area contributed by atoms with E-state index < -0.39 is 5.97 Å². The molecule has 0 saturated carbocycles. The van der Waals surface area contributed by atoms with Crippen molar-refractivity contribution in [1.29, 1.82) is 0 Å². The van der Waals surface area contributed by atoms with Crippen molar-refractivity contribution < 1.29 is 14.6 Å². The standard InChI is InChI=1S/C11H16N2O3/c1-11(2,7-16-3)13-9-5-4-8(6-12-9)10(14)15/h4-6H,7H2,1-3H3,(H,12,13)(H,14,15). The molecule has 0 aliphatic heterocycles. The van der Waals surface area contributed by atoms with Gasteiger partial charge in [-0.15, -0.1) is 0 Å². The predicted octanol–water partition coefficient (Wildman–Crippen LogP) is 1.62. The highest BCUT2D eigenvalue weighted by Crippen LogP contribution is 2.13. The molecule has 1 aromatic rings. The van der Waals surface area contributed by atoms with E-state index in [1.807, 2.05) is 13.8 Å². The van der Waals surface area contributed by atoms with Crippen molar-refractivity contribution in [3.8, 4) is 0 Å². The molecule has 0 radical (unpaired) electrons. The van der Waals surface area contributed by atoms with Gasteiger partial charge in [0, 0.05) is 13.3 Å². The second-order valence-corrected chi connectivity index (χ2v) is 4.18. The van der Waals surface area contributed by atoms with E-state index in [-0.39, 0.29) is 11.1 Å². The van der Waals surface area contributed by atoms with E-state index >= 15 is 0 Å². The molecule has 0 unspecified atom stereocenters. The van der Waals surface area contributed by atoms with E-state index in [2.05, 4.69) is 10.3 Å². The quantitative estimate of drug-likeness (QED) is 0.795. The Balaban J connectivity index is 2.72. The molecule has 0 saturated heterocycles. The van der Waals surface area contributed by atoms with Crippen LogP contribution in [0.25, 0.3) is 0 Å². The molecule has 0 aromatic carbocycles. The van der Waals surface area contributed by atoms with Crippen molar-refractivity contribution in [2.75, 3.05) is 19.0 Å². The Morgan fingerprint density at radius 2 is 2.25 bits per heavy atom. The maximum Gasteiger partial charge on any atom is 0.337 e. The smallest absolute Gasteiger partial charge is 0.337 e. The largest absolute Gasteiger partial charge is 0.478 e. The van der Waals surface area contributed by atoms with Crippen molar-refractivity contribution in [1.82, 2.24) is 4.98 Å². The molecule has 0 aliphatic carbocycles. The topological polar surface area (TPSA) is 71.5 Å². The number of nitrogens with zero attached hydrogens (tertiary/aromatic N) is 1. The molecule has 16 heavy (non-hydrogen) atoms. The molecule has 5 nitrogen and oxygen atoms in total. The molecule has 1 aromatic heterocycles. The number of nitrogens with one attached hydrogen (secondary N) is 1. The van der Waals surface area contributed by atoms with E-state index in [9.17, 15) is 4.79 Å². The number of methoxy groups -OCH3 is 1. The second kappa shape index (κ2) is 4.94. The van der Waals surface area contributed by atoms with Gasteiger partial charge >= 0.3 is 5.97 Å². The monoisotopic (exact) mass is 224 g/mol. The minimum Gasteiger partial charge on any atom is -0.478 e. The van der Waals surface area contributed by atoms with Crippen LogP contribution in [0.4, 0.5) is 5.82 Å². The zero-order valence-electron chi connectivity index (χ0n) is 9.65. The molecule has 0 aliphatic rings. The van der Waals surface area contributed by atoms with Gasteiger partial charge in [0.1, 0.15) is 5.82 Å². The van der Waals surface area contributed by atoms with Gasteiger partial charge in [0.2, 0.25) is 0 Å². The Hall–Kier alpha value is -1.62. The number of aromatic carboxylic acids is 1. The third-order valence-corrected chi connectivity index (χ3v) is 1.98. The molecule has 2 N–H and O–H groups in total. The van der Waals surface area contributed by atoms with E-state index in [4.69, 9.17) is 9.84 Å². The molecule has 1 heterocycles. The van der Waals surface area contributed by atoms with E-state index in [1.54, 1.807) is 13.2 Å². The molecule has 0 spiro atoms. The normalized spacial score (nSPS) is 11.2. The fraction of sp³-hybridized carbons (Fsp3) is 0.455. The van der Waals surface area contributed by atoms with Crippen molar-refractivity contribution in [2.45, 2.75) is 19.4 Å². The van der Waals surface area contributed by atoms with Crippen LogP contribution in [0.1, 0.15) is 24.2 Å². The fourth-order valence-corrected chi connectivity index (χ4v) is 1.34. The molecular weight excluding hydrogens is 208 g/mol. The third kappa shape index (κ3) is 3.51. The van der Waals surface area contributed by atoms with Crippen molar-refractivity contribution >= 4 is 11.8 Å². The molecule has 88 valence electrons. The average Bonchev–Trinajstić information content (AvgIpc) is 2.17. The summed E-state index contributed by atoms with van der Waals surface area (Å²) < 4.78 is 5.06. The third-order valence-electron chi connectivity index (χ3n) is 1.98. The van der Waals surface area contributed by atoms with Gasteiger partial charge in [-0.1, -0.05) is 0 Å². The van der Waals surface area contributed by atoms with Gasteiger partial charge in [-0.3, -0.25) is 0 Å². The number of carbonyl (C=O) groups is 1. The Bertz CT molecular complexity index is 360. The number of hydrogen-bond acceptors (Lipinski definition) is 4. The Morgan fingerprint density at radius 3 is 2.69 bits per heavy atom. The first-order chi connectivity index (χ1) is 7.44. The summed E-state index contributed by atoms with van der Waals surface area (Å²) in [5, 5.41) is 11.9. The lowest BCUT2D eigenvalue weighted by atomic mass is 10.1. The maximum absolute atomic E-state index is 10.6. The summed E-state index contributed by atoms with van der Waals surface area (Å²) in [6, 6.07) is 3.15. The van der Waals surface area contributed by atoms with Gasteiger partial charge in [-0.2, -0.15) is 0 Å². The molecule has 0 bridgehead atoms. The Kier molecular flexibility index (Phi) is 3.84. The van der Waals surface area contributed by atoms with Gasteiger partial charge in [0.15, 0.2) is 0 Å². The summed E-state index contributed by atoms with van der Waals surface area (Å²) in [4.78, 5) is 14.6. The van der Waals surface area contributed by atoms with Crippen LogP contribution in [0.15, 0.2) is 18.3 Å². The first-order valence-electron chi connectivity index (χ1n) is 4.91. The van der Waals surface area contributed by atoms with Crippen LogP contribution in [0.2, 0.25) is 0 Å². The molecule has 0 fully saturated rings. The number of carboxylic acid groups (broad SMARTS) is 1. The summed E-state index contributed by atoms with van der Waals surface area (Å²) >= 11 is 0. The lowest BCUT2D eigenvalue weighted by molar-refractivity contribution is 0.0696. The van der Waals surface area contributed by atoms with Crippen LogP contribution in [-0.4, -0.2) is 35.3 Å². The SMILES string of the molecule is COCC(C)(C)Nc1ccc(C(=O)O)cn1. The molecule has 5 heteroatoms. The average molecular weight is 224 g/mol. The number of aromatic nitrogens is 1. The summed E-state index contributed by atoms with van der Waals surface area (Å²) in [6.45, 7) is 4.49. The van der Waals surface area contributed by atoms with E-state index in [0.29, 0.717) is 12.4 Å². The van der Waals surface area contributed by atoms with Gasteiger partial charge in [0.25, 0.3) is 0 Å². The van der Waals surface area contributed by atoms with Gasteiger partial charge in [-0.05, 0) is 26.0 Å². The first-order valence-corrected chi connectivity index (χ1v) is 4.91. The zero-order chi connectivity index (χ0) is 12.2. The number of pyridine rings is 1. The summed E-state index contributed by atoms with van der Waals surface area (Å²) in [6.07, 6.45) is 1.33. The lowest BCUT2D eigenvalue weighted by Crippen LogP contribution is -2.36. The first kappa shape index (κ1) is 12.4. The lowest BCUT2D eigenvalue weighted by Gasteiger charge is -2.25. The summed E-state index contributed by atoms with van der Waals surface area (Å²) in [5.74, 6) is -0.345. The van der Waals surface area contributed by atoms with Gasteiger partial charge < -0.3 is 15.2 Å². The Morgan fingerprint density at radius 1 is 1.56 bits per heavy atom. The number of carboxylic acids is 1. The highest BCUT2D eigenvalue weighted by Gasteiger charge is 2.17. The number of anilines is 1. The second-order valence-electron chi connectivity index (χ2n) is 4.18. The number of ether oxygens (including phenoxy) is 1. The van der Waals surface area contributed by atoms with E-state index in [0.717, 1.165) is 0 Å². The molecular formula is C11H16N2O3. The summed E-state index contributed by atoms with van der Waals surface area (Å²) in [7, 11) is 1.63. The maximum atomic E-state index is 10.6. The van der Waals surface area contributed by atoms with Crippen LogP contribution in [0, 0.1) is 0 Å². The van der Waals surface area contributed by atoms with Crippen molar-refractivity contribution in [3.05, 3.63) is 23.9 Å². The van der Waals surface area contributed by atoms with Crippen molar-refractivity contribution in [2.24, 2.45) is 0 Å². The summed E-state index contributed by atoms with van der Waals surface area (Å²) in [5.41, 5.74) is -0.0675. The minimum atomic E-state index is -0.977. The number of hydrogen-bond donors (Lipinski definition) is 2.